The Bertz CT molecular complexity index is 1190. The molecule has 5 rings (SSSR count). The summed E-state index contributed by atoms with van der Waals surface area (Å²) in [6.07, 6.45) is 3.75. The number of nitrogens with one attached hydrogen (secondary N) is 1. The zero-order valence-corrected chi connectivity index (χ0v) is 14.6. The van der Waals surface area contributed by atoms with Crippen LogP contribution in [-0.2, 0) is 11.2 Å². The van der Waals surface area contributed by atoms with Gasteiger partial charge in [-0.05, 0) is 23.1 Å². The van der Waals surface area contributed by atoms with Crippen LogP contribution < -0.4 is 0 Å². The summed E-state index contributed by atoms with van der Waals surface area (Å²) in [5.74, 6) is -0.801. The van der Waals surface area contributed by atoms with Gasteiger partial charge in [-0.25, -0.2) is 0 Å². The molecule has 0 aliphatic heterocycles. The lowest BCUT2D eigenvalue weighted by atomic mass is 10.1. The maximum absolute atomic E-state index is 10.5. The van der Waals surface area contributed by atoms with Crippen molar-refractivity contribution >= 4 is 38.5 Å². The minimum absolute atomic E-state index is 0.0734. The minimum Gasteiger partial charge on any atom is -0.481 e. The Morgan fingerprint density at radius 2 is 1.52 bits per heavy atom. The number of carbonyl (C=O) groups is 1. The van der Waals surface area contributed by atoms with E-state index in [-0.39, 0.29) is 6.42 Å². The summed E-state index contributed by atoms with van der Waals surface area (Å²) in [6.45, 7) is 0. The molecule has 3 aromatic carbocycles. The van der Waals surface area contributed by atoms with Crippen LogP contribution in [0.1, 0.15) is 5.56 Å². The van der Waals surface area contributed by atoms with Gasteiger partial charge in [-0.3, -0.25) is 9.78 Å². The molecular formula is C23H18N2O2. The number of hydrogen-bond donors (Lipinski definition) is 2. The first kappa shape index (κ1) is 16.8. The van der Waals surface area contributed by atoms with Gasteiger partial charge < -0.3 is 10.1 Å². The second kappa shape index (κ2) is 7.30. The van der Waals surface area contributed by atoms with Gasteiger partial charge in [-0.2, -0.15) is 0 Å². The minimum atomic E-state index is -0.801. The molecule has 5 aromatic rings. The van der Waals surface area contributed by atoms with Crippen molar-refractivity contribution in [2.24, 2.45) is 0 Å². The Morgan fingerprint density at radius 3 is 2.33 bits per heavy atom. The lowest BCUT2D eigenvalue weighted by Gasteiger charge is -2.01. The van der Waals surface area contributed by atoms with E-state index in [1.165, 1.54) is 16.2 Å². The van der Waals surface area contributed by atoms with Crippen molar-refractivity contribution in [2.75, 3.05) is 0 Å². The standard InChI is InChI=1S/C13H9N.C10H9NO2/c1-2-6-11-10(5-1)9-14-13-8-4-3-7-12(11)13;12-10(13)5-7-6-11-9-4-2-1-3-8(7)9/h1-9H;1-4,6,11H,5H2,(H,12,13). The maximum atomic E-state index is 10.5. The van der Waals surface area contributed by atoms with Gasteiger partial charge in [0.25, 0.3) is 0 Å². The number of nitrogens with zero attached hydrogens (tertiary/aromatic N) is 1. The molecule has 0 saturated heterocycles. The molecule has 132 valence electrons. The summed E-state index contributed by atoms with van der Waals surface area (Å²) in [7, 11) is 0. The predicted octanol–water partition coefficient (Wildman–Crippen LogP) is 5.18. The van der Waals surface area contributed by atoms with E-state index in [1.54, 1.807) is 6.20 Å². The summed E-state index contributed by atoms with van der Waals surface area (Å²) in [4.78, 5) is 17.9. The van der Waals surface area contributed by atoms with Crippen LogP contribution in [0.25, 0.3) is 32.6 Å². The van der Waals surface area contributed by atoms with Crippen molar-refractivity contribution in [3.63, 3.8) is 0 Å². The molecule has 4 nitrogen and oxygen atoms in total. The highest BCUT2D eigenvalue weighted by atomic mass is 16.4. The maximum Gasteiger partial charge on any atom is 0.307 e. The topological polar surface area (TPSA) is 66.0 Å². The van der Waals surface area contributed by atoms with Crippen LogP contribution >= 0.6 is 0 Å². The number of aromatic amines is 1. The van der Waals surface area contributed by atoms with Gasteiger partial charge in [0.15, 0.2) is 0 Å². The van der Waals surface area contributed by atoms with Crippen LogP contribution in [0, 0.1) is 0 Å². The normalized spacial score (nSPS) is 10.7. The fourth-order valence-electron chi connectivity index (χ4n) is 3.25. The first-order chi connectivity index (χ1) is 13.2. The van der Waals surface area contributed by atoms with Crippen LogP contribution in [0.15, 0.2) is 85.2 Å². The molecule has 2 heterocycles. The molecular weight excluding hydrogens is 336 g/mol. The Hall–Kier alpha value is -3.66. The van der Waals surface area contributed by atoms with Crippen LogP contribution in [0.3, 0.4) is 0 Å². The summed E-state index contributed by atoms with van der Waals surface area (Å²) in [6, 6.07) is 24.2. The van der Waals surface area contributed by atoms with E-state index in [0.717, 1.165) is 22.0 Å². The Kier molecular flexibility index (Phi) is 4.54. The van der Waals surface area contributed by atoms with Crippen LogP contribution in [-0.4, -0.2) is 21.0 Å². The molecule has 2 aromatic heterocycles. The number of aromatic nitrogens is 2. The van der Waals surface area contributed by atoms with Crippen molar-refractivity contribution in [1.29, 1.82) is 0 Å². The van der Waals surface area contributed by atoms with E-state index in [1.807, 2.05) is 48.7 Å². The van der Waals surface area contributed by atoms with Crippen LogP contribution in [0.5, 0.6) is 0 Å². The lowest BCUT2D eigenvalue weighted by Crippen LogP contribution is -1.98. The predicted molar refractivity (Wildman–Crippen MR) is 109 cm³/mol. The molecule has 0 unspecified atom stereocenters. The second-order valence-electron chi connectivity index (χ2n) is 6.29. The molecule has 0 saturated carbocycles. The molecule has 2 N–H and O–H groups in total. The van der Waals surface area contributed by atoms with Gasteiger partial charge in [0.1, 0.15) is 0 Å². The van der Waals surface area contributed by atoms with Crippen LogP contribution in [0.4, 0.5) is 0 Å². The number of para-hydroxylation sites is 2. The molecule has 0 atom stereocenters. The van der Waals surface area contributed by atoms with E-state index in [4.69, 9.17) is 5.11 Å². The summed E-state index contributed by atoms with van der Waals surface area (Å²) in [5.41, 5.74) is 2.88. The lowest BCUT2D eigenvalue weighted by molar-refractivity contribution is -0.136. The average molecular weight is 354 g/mol. The van der Waals surface area contributed by atoms with E-state index in [0.29, 0.717) is 0 Å². The number of aliphatic carboxylic acids is 1. The van der Waals surface area contributed by atoms with Gasteiger partial charge in [0.2, 0.25) is 0 Å². The SMILES string of the molecule is O=C(O)Cc1c[nH]c2ccccc12.c1ccc2c(c1)cnc1ccccc12. The molecule has 4 heteroatoms. The van der Waals surface area contributed by atoms with Crippen molar-refractivity contribution in [2.45, 2.75) is 6.42 Å². The van der Waals surface area contributed by atoms with E-state index < -0.39 is 5.97 Å². The molecule has 0 bridgehead atoms. The highest BCUT2D eigenvalue weighted by Gasteiger charge is 2.05. The second-order valence-corrected chi connectivity index (χ2v) is 6.29. The molecule has 0 radical (unpaired) electrons. The first-order valence-electron chi connectivity index (χ1n) is 8.71. The van der Waals surface area contributed by atoms with Crippen molar-refractivity contribution in [3.8, 4) is 0 Å². The monoisotopic (exact) mass is 354 g/mol. The van der Waals surface area contributed by atoms with Gasteiger partial charge in [0.05, 0.1) is 11.9 Å². The fraction of sp³-hybridized carbons (Fsp3) is 0.0435. The third-order valence-electron chi connectivity index (χ3n) is 4.51. The summed E-state index contributed by atoms with van der Waals surface area (Å²) in [5, 5.41) is 13.3. The zero-order chi connectivity index (χ0) is 18.6. The van der Waals surface area contributed by atoms with E-state index in [9.17, 15) is 4.79 Å². The van der Waals surface area contributed by atoms with Crippen molar-refractivity contribution in [1.82, 2.24) is 9.97 Å². The average Bonchev–Trinajstić information content (AvgIpc) is 3.11. The Balaban J connectivity index is 0.000000134. The smallest absolute Gasteiger partial charge is 0.307 e. The number of carboxylic acid groups (broad SMARTS) is 1. The Labute approximate surface area is 156 Å². The first-order valence-corrected chi connectivity index (χ1v) is 8.71. The molecule has 0 amide bonds. The number of hydrogen-bond acceptors (Lipinski definition) is 2. The number of carboxylic acids is 1. The van der Waals surface area contributed by atoms with E-state index >= 15 is 0 Å². The Morgan fingerprint density at radius 1 is 0.852 bits per heavy atom. The third kappa shape index (κ3) is 3.51. The largest absolute Gasteiger partial charge is 0.481 e. The number of pyridine rings is 1. The third-order valence-corrected chi connectivity index (χ3v) is 4.51. The van der Waals surface area contributed by atoms with Gasteiger partial charge >= 0.3 is 5.97 Å². The highest BCUT2D eigenvalue weighted by molar-refractivity contribution is 6.05. The quantitative estimate of drug-likeness (QED) is 0.429. The fourth-order valence-corrected chi connectivity index (χ4v) is 3.25. The molecule has 0 aliphatic rings. The summed E-state index contributed by atoms with van der Waals surface area (Å²) >= 11 is 0. The highest BCUT2D eigenvalue weighted by Crippen LogP contribution is 2.22. The summed E-state index contributed by atoms with van der Waals surface area (Å²) < 4.78 is 0. The van der Waals surface area contributed by atoms with Gasteiger partial charge in [0, 0.05) is 34.1 Å². The molecule has 0 aliphatic carbocycles. The number of rotatable bonds is 2. The van der Waals surface area contributed by atoms with Crippen LogP contribution in [0.2, 0.25) is 0 Å². The number of benzene rings is 3. The number of fused-ring (bicyclic) bond motifs is 4. The van der Waals surface area contributed by atoms with Gasteiger partial charge in [-0.1, -0.05) is 60.7 Å². The zero-order valence-electron chi connectivity index (χ0n) is 14.6. The molecule has 27 heavy (non-hydrogen) atoms. The van der Waals surface area contributed by atoms with Crippen molar-refractivity contribution in [3.05, 3.63) is 90.8 Å². The molecule has 0 fully saturated rings. The number of H-pyrrole nitrogens is 1. The molecule has 0 spiro atoms. The van der Waals surface area contributed by atoms with Crippen molar-refractivity contribution < 1.29 is 9.90 Å². The van der Waals surface area contributed by atoms with Gasteiger partial charge in [-0.15, -0.1) is 0 Å². The van der Waals surface area contributed by atoms with E-state index in [2.05, 4.69) is 40.3 Å².